The molecule has 0 aliphatic heterocycles. The summed E-state index contributed by atoms with van der Waals surface area (Å²) < 4.78 is 0. The normalized spacial score (nSPS) is 9.36. The molecule has 57 valence electrons. The van der Waals surface area contributed by atoms with E-state index in [0.29, 0.717) is 5.92 Å². The molecule has 0 aliphatic rings. The third-order valence-electron chi connectivity index (χ3n) is 1.68. The summed E-state index contributed by atoms with van der Waals surface area (Å²) in [5, 5.41) is 0. The van der Waals surface area contributed by atoms with Crippen LogP contribution in [0, 0.1) is 6.92 Å². The van der Waals surface area contributed by atoms with Gasteiger partial charge in [-0.05, 0) is 0 Å². The molecule has 0 aromatic heterocycles. The first kappa shape index (κ1) is 11.2. The average Bonchev–Trinajstić information content (AvgIpc) is 1.88. The average molecular weight is 222 g/mol. The summed E-state index contributed by atoms with van der Waals surface area (Å²) in [5.41, 5.74) is 2.50. The molecule has 0 spiro atoms. The van der Waals surface area contributed by atoms with Gasteiger partial charge in [-0.15, -0.1) is 17.7 Å². The Labute approximate surface area is 94.3 Å². The van der Waals surface area contributed by atoms with Crippen molar-refractivity contribution in [3.8, 4) is 0 Å². The van der Waals surface area contributed by atoms with Crippen LogP contribution < -0.4 is 0 Å². The van der Waals surface area contributed by atoms with Crippen LogP contribution in [0.4, 0.5) is 0 Å². The minimum Gasteiger partial charge on any atom is -0.198 e. The van der Waals surface area contributed by atoms with Crippen LogP contribution >= 0.6 is 0 Å². The molecule has 0 N–H and O–H groups in total. The molecule has 0 atom stereocenters. The maximum Gasteiger partial charge on any atom is 0 e. The molecule has 1 rings (SSSR count). The van der Waals surface area contributed by atoms with E-state index in [4.69, 9.17) is 0 Å². The first-order chi connectivity index (χ1) is 4.72. The molecule has 1 aromatic carbocycles. The Morgan fingerprint density at radius 3 is 2.09 bits per heavy atom. The molecule has 0 aliphatic carbocycles. The van der Waals surface area contributed by atoms with Crippen molar-refractivity contribution in [1.82, 2.24) is 0 Å². The third-order valence-corrected chi connectivity index (χ3v) is 1.68. The van der Waals surface area contributed by atoms with Crippen molar-refractivity contribution in [2.45, 2.75) is 19.8 Å². The predicted octanol–water partition coefficient (Wildman–Crippen LogP) is 2.99. The zero-order valence-electron chi connectivity index (χ0n) is 7.17. The summed E-state index contributed by atoms with van der Waals surface area (Å²) in [6.45, 7) is 8.31. The van der Waals surface area contributed by atoms with Crippen molar-refractivity contribution < 1.29 is 32.7 Å². The summed E-state index contributed by atoms with van der Waals surface area (Å²) in [6.07, 6.45) is 0. The Kier molecular flexibility index (Phi) is 5.04. The second-order valence-corrected chi connectivity index (χ2v) is 2.85. The Morgan fingerprint density at radius 1 is 1.18 bits per heavy atom. The Bertz CT molecular complexity index is 216. The van der Waals surface area contributed by atoms with Gasteiger partial charge in [-0.2, -0.15) is 18.6 Å². The molecule has 0 unspecified atom stereocenters. The van der Waals surface area contributed by atoms with Gasteiger partial charge in [0.1, 0.15) is 0 Å². The van der Waals surface area contributed by atoms with E-state index < -0.39 is 0 Å². The largest absolute Gasteiger partial charge is 0.198 e. The van der Waals surface area contributed by atoms with Crippen LogP contribution in [0.5, 0.6) is 0 Å². The zero-order valence-corrected chi connectivity index (χ0v) is 10.0. The monoisotopic (exact) mass is 222 g/mol. The molecule has 0 nitrogen and oxygen atoms in total. The third kappa shape index (κ3) is 2.96. The predicted molar refractivity (Wildman–Crippen MR) is 45.0 cm³/mol. The van der Waals surface area contributed by atoms with Crippen LogP contribution in [-0.2, 0) is 32.7 Å². The van der Waals surface area contributed by atoms with Gasteiger partial charge in [0.15, 0.2) is 0 Å². The van der Waals surface area contributed by atoms with Crippen molar-refractivity contribution in [3.63, 3.8) is 0 Å². The van der Waals surface area contributed by atoms with Crippen molar-refractivity contribution in [2.75, 3.05) is 0 Å². The van der Waals surface area contributed by atoms with Gasteiger partial charge in [-0.1, -0.05) is 25.8 Å². The summed E-state index contributed by atoms with van der Waals surface area (Å²) in [5.74, 6) is 0.591. The molecular formula is C10H13Y-. The van der Waals surface area contributed by atoms with Crippen LogP contribution in [0.15, 0.2) is 24.3 Å². The van der Waals surface area contributed by atoms with Gasteiger partial charge in [-0.3, -0.25) is 0 Å². The maximum atomic E-state index is 3.94. The number of benzene rings is 1. The summed E-state index contributed by atoms with van der Waals surface area (Å²) in [4.78, 5) is 0. The van der Waals surface area contributed by atoms with Crippen LogP contribution in [0.1, 0.15) is 30.9 Å². The van der Waals surface area contributed by atoms with E-state index in [1.54, 1.807) is 0 Å². The summed E-state index contributed by atoms with van der Waals surface area (Å²) in [6, 6.07) is 8.26. The Balaban J connectivity index is 0.000001000. The van der Waals surface area contributed by atoms with E-state index in [2.05, 4.69) is 39.0 Å². The van der Waals surface area contributed by atoms with E-state index in [1.807, 2.05) is 6.07 Å². The fourth-order valence-corrected chi connectivity index (χ4v) is 1.10. The van der Waals surface area contributed by atoms with Crippen LogP contribution in [0.2, 0.25) is 0 Å². The molecule has 0 amide bonds. The molecule has 1 aromatic rings. The summed E-state index contributed by atoms with van der Waals surface area (Å²) >= 11 is 0. The zero-order chi connectivity index (χ0) is 7.56. The van der Waals surface area contributed by atoms with Crippen LogP contribution in [0.25, 0.3) is 0 Å². The minimum atomic E-state index is 0. The smallest absolute Gasteiger partial charge is 0 e. The van der Waals surface area contributed by atoms with E-state index in [9.17, 15) is 0 Å². The Hall–Kier alpha value is 0.194. The maximum absolute atomic E-state index is 3.94. The number of hydrogen-bond donors (Lipinski definition) is 0. The van der Waals surface area contributed by atoms with E-state index in [0.717, 1.165) is 5.56 Å². The Morgan fingerprint density at radius 2 is 1.73 bits per heavy atom. The second-order valence-electron chi connectivity index (χ2n) is 2.85. The molecular weight excluding hydrogens is 209 g/mol. The van der Waals surface area contributed by atoms with Gasteiger partial charge >= 0.3 is 0 Å². The quantitative estimate of drug-likeness (QED) is 0.641. The van der Waals surface area contributed by atoms with Crippen molar-refractivity contribution in [3.05, 3.63) is 42.3 Å². The molecule has 0 bridgehead atoms. The van der Waals surface area contributed by atoms with Crippen LogP contribution in [0.3, 0.4) is 0 Å². The fraction of sp³-hybridized carbons (Fsp3) is 0.300. The SMILES string of the molecule is [CH2-]c1ccccc1C(C)C.[Y]. The molecule has 1 heteroatoms. The number of hydrogen-bond acceptors (Lipinski definition) is 0. The fourth-order valence-electron chi connectivity index (χ4n) is 1.10. The van der Waals surface area contributed by atoms with E-state index >= 15 is 0 Å². The van der Waals surface area contributed by atoms with Gasteiger partial charge in [0.2, 0.25) is 0 Å². The minimum absolute atomic E-state index is 0. The number of rotatable bonds is 1. The molecule has 0 saturated heterocycles. The molecule has 0 fully saturated rings. The van der Waals surface area contributed by atoms with Gasteiger partial charge in [0.25, 0.3) is 0 Å². The standard InChI is InChI=1S/C10H13.Y/c1-8(2)10-7-5-4-6-9(10)3;/h4-8H,3H2,1-2H3;/q-1;. The first-order valence-electron chi connectivity index (χ1n) is 3.62. The second kappa shape index (κ2) is 4.95. The molecule has 1 radical (unpaired) electrons. The first-order valence-corrected chi connectivity index (χ1v) is 3.62. The van der Waals surface area contributed by atoms with Gasteiger partial charge in [-0.25, -0.2) is 0 Å². The van der Waals surface area contributed by atoms with E-state index in [1.165, 1.54) is 5.56 Å². The van der Waals surface area contributed by atoms with Gasteiger partial charge in [0.05, 0.1) is 0 Å². The van der Waals surface area contributed by atoms with Crippen LogP contribution in [-0.4, -0.2) is 0 Å². The summed E-state index contributed by atoms with van der Waals surface area (Å²) in [7, 11) is 0. The van der Waals surface area contributed by atoms with Crippen molar-refractivity contribution in [2.24, 2.45) is 0 Å². The van der Waals surface area contributed by atoms with Gasteiger partial charge in [0, 0.05) is 32.7 Å². The molecule has 11 heavy (non-hydrogen) atoms. The van der Waals surface area contributed by atoms with Crippen molar-refractivity contribution in [1.29, 1.82) is 0 Å². The van der Waals surface area contributed by atoms with E-state index in [-0.39, 0.29) is 32.7 Å². The van der Waals surface area contributed by atoms with Crippen molar-refractivity contribution >= 4 is 0 Å². The van der Waals surface area contributed by atoms with Gasteiger partial charge < -0.3 is 0 Å². The topological polar surface area (TPSA) is 0 Å². The molecule has 0 heterocycles. The molecule has 0 saturated carbocycles.